The van der Waals surface area contributed by atoms with Crippen molar-refractivity contribution in [3.8, 4) is 0 Å². The number of aryl methyl sites for hydroxylation is 1. The lowest BCUT2D eigenvalue weighted by Gasteiger charge is -2.15. The first-order valence-corrected chi connectivity index (χ1v) is 6.40. The van der Waals surface area contributed by atoms with Gasteiger partial charge < -0.3 is 16.2 Å². The van der Waals surface area contributed by atoms with Crippen LogP contribution >= 0.6 is 0 Å². The summed E-state index contributed by atoms with van der Waals surface area (Å²) in [4.78, 5) is 12.0. The number of nitrogen functional groups attached to an aromatic ring is 1. The third-order valence-corrected chi connectivity index (χ3v) is 3.65. The summed E-state index contributed by atoms with van der Waals surface area (Å²) < 4.78 is 0. The zero-order valence-electron chi connectivity index (χ0n) is 10.6. The second-order valence-corrected chi connectivity index (χ2v) is 5.04. The molecule has 1 aromatic rings. The number of aliphatic hydroxyl groups excluding tert-OH is 1. The van der Waals surface area contributed by atoms with E-state index in [1.165, 1.54) is 0 Å². The lowest BCUT2D eigenvalue weighted by molar-refractivity contribution is 0.0916. The predicted molar refractivity (Wildman–Crippen MR) is 71.3 cm³/mol. The van der Waals surface area contributed by atoms with Gasteiger partial charge in [-0.2, -0.15) is 0 Å². The summed E-state index contributed by atoms with van der Waals surface area (Å²) in [5.74, 6) is 0.0780. The number of carbonyl (C=O) groups is 1. The Morgan fingerprint density at radius 1 is 1.50 bits per heavy atom. The van der Waals surface area contributed by atoms with Gasteiger partial charge in [0.15, 0.2) is 0 Å². The molecule has 1 amide bonds. The van der Waals surface area contributed by atoms with Crippen molar-refractivity contribution < 1.29 is 9.90 Å². The maximum Gasteiger partial charge on any atom is 0.251 e. The average molecular weight is 248 g/mol. The summed E-state index contributed by atoms with van der Waals surface area (Å²) in [5, 5.41) is 12.6. The smallest absolute Gasteiger partial charge is 0.251 e. The van der Waals surface area contributed by atoms with E-state index in [0.29, 0.717) is 17.8 Å². The third kappa shape index (κ3) is 2.82. The van der Waals surface area contributed by atoms with Crippen LogP contribution in [-0.4, -0.2) is 23.7 Å². The quantitative estimate of drug-likeness (QED) is 0.709. The highest BCUT2D eigenvalue weighted by molar-refractivity contribution is 5.96. The number of carbonyl (C=O) groups excluding carboxylic acids is 1. The Kier molecular flexibility index (Phi) is 3.87. The number of rotatable bonds is 3. The van der Waals surface area contributed by atoms with E-state index < -0.39 is 0 Å². The molecular formula is C14H20N2O2. The molecule has 1 aliphatic rings. The molecule has 98 valence electrons. The monoisotopic (exact) mass is 248 g/mol. The standard InChI is InChI=1S/C14H20N2O2/c1-9-5-6-11(15)7-12(9)14(18)16-8-10-3-2-4-13(10)17/h5-7,10,13,17H,2-4,8,15H2,1H3,(H,16,18). The molecule has 2 unspecified atom stereocenters. The summed E-state index contributed by atoms with van der Waals surface area (Å²) >= 11 is 0. The number of hydrogen-bond acceptors (Lipinski definition) is 3. The van der Waals surface area contributed by atoms with Crippen molar-refractivity contribution in [1.82, 2.24) is 5.32 Å². The molecule has 0 aliphatic heterocycles. The van der Waals surface area contributed by atoms with Crippen LogP contribution in [0.2, 0.25) is 0 Å². The van der Waals surface area contributed by atoms with E-state index in [1.807, 2.05) is 13.0 Å². The lowest BCUT2D eigenvalue weighted by Crippen LogP contribution is -2.32. The van der Waals surface area contributed by atoms with Crippen molar-refractivity contribution >= 4 is 11.6 Å². The van der Waals surface area contributed by atoms with Gasteiger partial charge in [-0.15, -0.1) is 0 Å². The molecule has 0 saturated heterocycles. The second kappa shape index (κ2) is 5.40. The van der Waals surface area contributed by atoms with Crippen LogP contribution in [0.1, 0.15) is 35.2 Å². The summed E-state index contributed by atoms with van der Waals surface area (Å²) in [6, 6.07) is 5.32. The number of nitrogens with one attached hydrogen (secondary N) is 1. The zero-order valence-corrected chi connectivity index (χ0v) is 10.6. The van der Waals surface area contributed by atoms with E-state index in [4.69, 9.17) is 5.73 Å². The minimum absolute atomic E-state index is 0.112. The third-order valence-electron chi connectivity index (χ3n) is 3.65. The molecular weight excluding hydrogens is 228 g/mol. The van der Waals surface area contributed by atoms with Crippen molar-refractivity contribution in [2.45, 2.75) is 32.3 Å². The summed E-state index contributed by atoms with van der Waals surface area (Å²) in [5.41, 5.74) is 7.80. The maximum atomic E-state index is 12.0. The fraction of sp³-hybridized carbons (Fsp3) is 0.500. The van der Waals surface area contributed by atoms with Gasteiger partial charge in [0.2, 0.25) is 0 Å². The van der Waals surface area contributed by atoms with Crippen LogP contribution in [0.15, 0.2) is 18.2 Å². The molecule has 4 N–H and O–H groups in total. The Balaban J connectivity index is 1.97. The summed E-state index contributed by atoms with van der Waals surface area (Å²) in [6.07, 6.45) is 2.60. The van der Waals surface area contributed by atoms with E-state index in [0.717, 1.165) is 24.8 Å². The number of amides is 1. The molecule has 1 saturated carbocycles. The number of benzene rings is 1. The van der Waals surface area contributed by atoms with Gasteiger partial charge in [0, 0.05) is 23.7 Å². The maximum absolute atomic E-state index is 12.0. The molecule has 1 aliphatic carbocycles. The topological polar surface area (TPSA) is 75.4 Å². The van der Waals surface area contributed by atoms with E-state index in [-0.39, 0.29) is 17.9 Å². The van der Waals surface area contributed by atoms with E-state index in [9.17, 15) is 9.90 Å². The van der Waals surface area contributed by atoms with Crippen molar-refractivity contribution in [2.24, 2.45) is 5.92 Å². The highest BCUT2D eigenvalue weighted by Crippen LogP contribution is 2.24. The lowest BCUT2D eigenvalue weighted by atomic mass is 10.0. The Morgan fingerprint density at radius 3 is 2.94 bits per heavy atom. The average Bonchev–Trinajstić information content (AvgIpc) is 2.75. The van der Waals surface area contributed by atoms with E-state index >= 15 is 0 Å². The first kappa shape index (κ1) is 12.9. The second-order valence-electron chi connectivity index (χ2n) is 5.04. The van der Waals surface area contributed by atoms with E-state index in [2.05, 4.69) is 5.32 Å². The molecule has 4 heteroatoms. The Hall–Kier alpha value is -1.55. The molecule has 4 nitrogen and oxygen atoms in total. The van der Waals surface area contributed by atoms with Crippen LogP contribution in [0.5, 0.6) is 0 Å². The molecule has 2 atom stereocenters. The van der Waals surface area contributed by atoms with Gasteiger partial charge in [-0.1, -0.05) is 12.5 Å². The number of nitrogens with two attached hydrogens (primary N) is 1. The number of hydrogen-bond donors (Lipinski definition) is 3. The molecule has 1 fully saturated rings. The van der Waals surface area contributed by atoms with Crippen molar-refractivity contribution in [1.29, 1.82) is 0 Å². The van der Waals surface area contributed by atoms with Crippen molar-refractivity contribution in [2.75, 3.05) is 12.3 Å². The van der Waals surface area contributed by atoms with Crippen LogP contribution in [0.4, 0.5) is 5.69 Å². The minimum atomic E-state index is -0.271. The molecule has 0 bridgehead atoms. The first-order chi connectivity index (χ1) is 8.58. The van der Waals surface area contributed by atoms with E-state index in [1.54, 1.807) is 12.1 Å². The Morgan fingerprint density at radius 2 is 2.28 bits per heavy atom. The molecule has 1 aromatic carbocycles. The number of anilines is 1. The van der Waals surface area contributed by atoms with Gasteiger partial charge in [0.05, 0.1) is 6.10 Å². The van der Waals surface area contributed by atoms with Gasteiger partial charge in [-0.3, -0.25) is 4.79 Å². The largest absolute Gasteiger partial charge is 0.399 e. The predicted octanol–water partition coefficient (Wildman–Crippen LogP) is 1.47. The molecule has 0 heterocycles. The molecule has 18 heavy (non-hydrogen) atoms. The van der Waals surface area contributed by atoms with Crippen LogP contribution in [0.25, 0.3) is 0 Å². The Bertz CT molecular complexity index is 445. The summed E-state index contributed by atoms with van der Waals surface area (Å²) in [7, 11) is 0. The van der Waals surface area contributed by atoms with Crippen molar-refractivity contribution in [3.05, 3.63) is 29.3 Å². The first-order valence-electron chi connectivity index (χ1n) is 6.40. The minimum Gasteiger partial charge on any atom is -0.399 e. The van der Waals surface area contributed by atoms with Crippen LogP contribution in [0, 0.1) is 12.8 Å². The fourth-order valence-corrected chi connectivity index (χ4v) is 2.46. The molecule has 0 spiro atoms. The van der Waals surface area contributed by atoms with Gasteiger partial charge in [-0.25, -0.2) is 0 Å². The highest BCUT2D eigenvalue weighted by Gasteiger charge is 2.25. The normalized spacial score (nSPS) is 23.0. The molecule has 0 aromatic heterocycles. The van der Waals surface area contributed by atoms with Gasteiger partial charge in [-0.05, 0) is 37.5 Å². The SMILES string of the molecule is Cc1ccc(N)cc1C(=O)NCC1CCCC1O. The Labute approximate surface area is 107 Å². The highest BCUT2D eigenvalue weighted by atomic mass is 16.3. The van der Waals surface area contributed by atoms with Gasteiger partial charge in [0.25, 0.3) is 5.91 Å². The fourth-order valence-electron chi connectivity index (χ4n) is 2.46. The number of aliphatic hydroxyl groups is 1. The zero-order chi connectivity index (χ0) is 13.1. The molecule has 2 rings (SSSR count). The van der Waals surface area contributed by atoms with Crippen LogP contribution in [-0.2, 0) is 0 Å². The molecule has 0 radical (unpaired) electrons. The van der Waals surface area contributed by atoms with Crippen molar-refractivity contribution in [3.63, 3.8) is 0 Å². The van der Waals surface area contributed by atoms with Crippen LogP contribution < -0.4 is 11.1 Å². The van der Waals surface area contributed by atoms with Gasteiger partial charge >= 0.3 is 0 Å². The van der Waals surface area contributed by atoms with Gasteiger partial charge in [0.1, 0.15) is 0 Å². The summed E-state index contributed by atoms with van der Waals surface area (Å²) in [6.45, 7) is 2.42. The van der Waals surface area contributed by atoms with Crippen LogP contribution in [0.3, 0.4) is 0 Å².